The second-order valence-corrected chi connectivity index (χ2v) is 6.54. The fraction of sp³-hybridized carbons (Fsp3) is 0.105. The van der Waals surface area contributed by atoms with E-state index in [0.717, 1.165) is 0 Å². The number of ether oxygens (including phenoxy) is 1. The predicted molar refractivity (Wildman–Crippen MR) is 103 cm³/mol. The highest BCUT2D eigenvalue weighted by Crippen LogP contribution is 2.39. The standard InChI is InChI=1S/C19H15ClN2O3S/c1-2-25-19(24)16-14(13-7-3-4-8-15(13)20)11-26-18(16)22-17(23)12-6-5-9-21-10-12/h3-11H,2H2,1H3,(H,22,23). The Morgan fingerprint density at radius 1 is 1.19 bits per heavy atom. The van der Waals surface area contributed by atoms with Crippen LogP contribution in [0.1, 0.15) is 27.6 Å². The first kappa shape index (κ1) is 18.1. The van der Waals surface area contributed by atoms with E-state index >= 15 is 0 Å². The summed E-state index contributed by atoms with van der Waals surface area (Å²) in [6.07, 6.45) is 3.05. The molecule has 0 saturated carbocycles. The van der Waals surface area contributed by atoms with Gasteiger partial charge in [0, 0.05) is 33.9 Å². The maximum absolute atomic E-state index is 12.5. The summed E-state index contributed by atoms with van der Waals surface area (Å²) in [6, 6.07) is 10.5. The Balaban J connectivity index is 2.02. The van der Waals surface area contributed by atoms with Crippen molar-refractivity contribution in [2.75, 3.05) is 11.9 Å². The number of pyridine rings is 1. The van der Waals surface area contributed by atoms with Gasteiger partial charge in [-0.3, -0.25) is 9.78 Å². The zero-order valence-electron chi connectivity index (χ0n) is 13.9. The molecule has 0 fully saturated rings. The van der Waals surface area contributed by atoms with E-state index in [1.54, 1.807) is 36.7 Å². The van der Waals surface area contributed by atoms with Crippen molar-refractivity contribution >= 4 is 39.8 Å². The van der Waals surface area contributed by atoms with Crippen molar-refractivity contribution in [3.8, 4) is 11.1 Å². The van der Waals surface area contributed by atoms with Crippen molar-refractivity contribution in [1.82, 2.24) is 4.98 Å². The van der Waals surface area contributed by atoms with Crippen LogP contribution in [0.5, 0.6) is 0 Å². The van der Waals surface area contributed by atoms with Crippen molar-refractivity contribution in [3.05, 3.63) is 70.3 Å². The van der Waals surface area contributed by atoms with Crippen molar-refractivity contribution in [2.24, 2.45) is 0 Å². The third-order valence-corrected chi connectivity index (χ3v) is 4.81. The van der Waals surface area contributed by atoms with Crippen LogP contribution in [0.25, 0.3) is 11.1 Å². The minimum atomic E-state index is -0.509. The van der Waals surface area contributed by atoms with Crippen LogP contribution >= 0.6 is 22.9 Å². The zero-order chi connectivity index (χ0) is 18.5. The van der Waals surface area contributed by atoms with Crippen LogP contribution in [-0.2, 0) is 4.74 Å². The molecule has 2 aromatic heterocycles. The van der Waals surface area contributed by atoms with E-state index in [1.807, 2.05) is 18.2 Å². The average Bonchev–Trinajstić information content (AvgIpc) is 3.06. The van der Waals surface area contributed by atoms with Gasteiger partial charge in [0.1, 0.15) is 10.6 Å². The molecule has 26 heavy (non-hydrogen) atoms. The molecular formula is C19H15ClN2O3S. The zero-order valence-corrected chi connectivity index (χ0v) is 15.4. The summed E-state index contributed by atoms with van der Waals surface area (Å²) in [6.45, 7) is 1.96. The van der Waals surface area contributed by atoms with Gasteiger partial charge in [0.2, 0.25) is 0 Å². The van der Waals surface area contributed by atoms with E-state index in [4.69, 9.17) is 16.3 Å². The maximum atomic E-state index is 12.5. The number of nitrogens with one attached hydrogen (secondary N) is 1. The summed E-state index contributed by atoms with van der Waals surface area (Å²) in [5, 5.41) is 5.48. The second-order valence-electron chi connectivity index (χ2n) is 5.25. The molecule has 132 valence electrons. The number of anilines is 1. The van der Waals surface area contributed by atoms with Gasteiger partial charge in [-0.1, -0.05) is 29.8 Å². The summed E-state index contributed by atoms with van der Waals surface area (Å²) < 4.78 is 5.18. The number of carbonyl (C=O) groups excluding carboxylic acids is 2. The minimum absolute atomic E-state index is 0.229. The monoisotopic (exact) mass is 386 g/mol. The number of esters is 1. The maximum Gasteiger partial charge on any atom is 0.341 e. The molecule has 0 atom stereocenters. The van der Waals surface area contributed by atoms with Crippen molar-refractivity contribution < 1.29 is 14.3 Å². The lowest BCUT2D eigenvalue weighted by Gasteiger charge is -2.09. The van der Waals surface area contributed by atoms with Crippen LogP contribution in [0.2, 0.25) is 5.02 Å². The molecule has 1 amide bonds. The van der Waals surface area contributed by atoms with Gasteiger partial charge in [-0.05, 0) is 25.1 Å². The Hall–Kier alpha value is -2.70. The Morgan fingerprint density at radius 3 is 2.69 bits per heavy atom. The molecule has 0 radical (unpaired) electrons. The summed E-state index contributed by atoms with van der Waals surface area (Å²) in [5.41, 5.74) is 2.02. The quantitative estimate of drug-likeness (QED) is 0.634. The smallest absolute Gasteiger partial charge is 0.341 e. The highest BCUT2D eigenvalue weighted by Gasteiger charge is 2.24. The molecule has 1 aromatic carbocycles. The van der Waals surface area contributed by atoms with E-state index in [9.17, 15) is 9.59 Å². The molecule has 0 bridgehead atoms. The van der Waals surface area contributed by atoms with Crippen molar-refractivity contribution in [1.29, 1.82) is 0 Å². The summed E-state index contributed by atoms with van der Waals surface area (Å²) in [5.74, 6) is -0.860. The van der Waals surface area contributed by atoms with Gasteiger partial charge in [-0.25, -0.2) is 4.79 Å². The third kappa shape index (κ3) is 3.76. The Morgan fingerprint density at radius 2 is 2.00 bits per heavy atom. The summed E-state index contributed by atoms with van der Waals surface area (Å²) >= 11 is 7.53. The molecule has 0 aliphatic carbocycles. The first-order chi connectivity index (χ1) is 12.6. The van der Waals surface area contributed by atoms with E-state index < -0.39 is 5.97 Å². The average molecular weight is 387 g/mol. The predicted octanol–water partition coefficient (Wildman–Crippen LogP) is 4.89. The molecule has 0 unspecified atom stereocenters. The van der Waals surface area contributed by atoms with E-state index in [0.29, 0.717) is 32.3 Å². The van der Waals surface area contributed by atoms with Crippen LogP contribution < -0.4 is 5.32 Å². The van der Waals surface area contributed by atoms with Gasteiger partial charge < -0.3 is 10.1 Å². The third-order valence-electron chi connectivity index (χ3n) is 3.59. The van der Waals surface area contributed by atoms with E-state index in [2.05, 4.69) is 10.3 Å². The number of halogens is 1. The molecular weight excluding hydrogens is 372 g/mol. The van der Waals surface area contributed by atoms with E-state index in [-0.39, 0.29) is 12.5 Å². The lowest BCUT2D eigenvalue weighted by atomic mass is 10.0. The lowest BCUT2D eigenvalue weighted by Crippen LogP contribution is -2.15. The summed E-state index contributed by atoms with van der Waals surface area (Å²) in [4.78, 5) is 28.9. The molecule has 0 spiro atoms. The molecule has 1 N–H and O–H groups in total. The van der Waals surface area contributed by atoms with Gasteiger partial charge in [-0.15, -0.1) is 11.3 Å². The highest BCUT2D eigenvalue weighted by atomic mass is 35.5. The van der Waals surface area contributed by atoms with Crippen LogP contribution in [0.4, 0.5) is 5.00 Å². The first-order valence-electron chi connectivity index (χ1n) is 7.86. The molecule has 2 heterocycles. The van der Waals surface area contributed by atoms with E-state index in [1.165, 1.54) is 17.5 Å². The number of thiophene rings is 1. The number of rotatable bonds is 5. The highest BCUT2D eigenvalue weighted by molar-refractivity contribution is 7.15. The molecule has 5 nitrogen and oxygen atoms in total. The number of hydrogen-bond acceptors (Lipinski definition) is 5. The topological polar surface area (TPSA) is 68.3 Å². The number of hydrogen-bond donors (Lipinski definition) is 1. The fourth-order valence-corrected chi connectivity index (χ4v) is 3.59. The number of benzene rings is 1. The normalized spacial score (nSPS) is 10.4. The molecule has 3 rings (SSSR count). The van der Waals surface area contributed by atoms with Gasteiger partial charge >= 0.3 is 5.97 Å². The molecule has 7 heteroatoms. The Bertz CT molecular complexity index is 941. The second kappa shape index (κ2) is 8.12. The lowest BCUT2D eigenvalue weighted by molar-refractivity contribution is 0.0529. The van der Waals surface area contributed by atoms with Crippen molar-refractivity contribution in [2.45, 2.75) is 6.92 Å². The van der Waals surface area contributed by atoms with Gasteiger partial charge in [0.15, 0.2) is 0 Å². The van der Waals surface area contributed by atoms with Crippen LogP contribution in [0.3, 0.4) is 0 Å². The number of carbonyl (C=O) groups is 2. The first-order valence-corrected chi connectivity index (χ1v) is 9.12. The van der Waals surface area contributed by atoms with Gasteiger partial charge in [0.05, 0.1) is 12.2 Å². The Kier molecular flexibility index (Phi) is 5.65. The van der Waals surface area contributed by atoms with Crippen LogP contribution in [0.15, 0.2) is 54.2 Å². The van der Waals surface area contributed by atoms with Gasteiger partial charge in [-0.2, -0.15) is 0 Å². The van der Waals surface area contributed by atoms with Crippen LogP contribution in [0, 0.1) is 0 Å². The summed E-state index contributed by atoms with van der Waals surface area (Å²) in [7, 11) is 0. The number of aromatic nitrogens is 1. The molecule has 0 aliphatic rings. The molecule has 0 aliphatic heterocycles. The molecule has 3 aromatic rings. The number of amides is 1. The van der Waals surface area contributed by atoms with Crippen molar-refractivity contribution in [3.63, 3.8) is 0 Å². The molecule has 0 saturated heterocycles. The fourth-order valence-electron chi connectivity index (χ4n) is 2.41. The van der Waals surface area contributed by atoms with Gasteiger partial charge in [0.25, 0.3) is 5.91 Å². The largest absolute Gasteiger partial charge is 0.462 e. The Labute approximate surface area is 159 Å². The van der Waals surface area contributed by atoms with Crippen LogP contribution in [-0.4, -0.2) is 23.5 Å². The number of nitrogens with zero attached hydrogens (tertiary/aromatic N) is 1. The minimum Gasteiger partial charge on any atom is -0.462 e. The SMILES string of the molecule is CCOC(=O)c1c(-c2ccccc2Cl)csc1NC(=O)c1cccnc1.